The Bertz CT molecular complexity index is 1150. The van der Waals surface area contributed by atoms with Crippen LogP contribution in [-0.2, 0) is 0 Å². The fraction of sp³-hybridized carbons (Fsp3) is 0. The van der Waals surface area contributed by atoms with Crippen LogP contribution in [0.4, 0.5) is 0 Å². The molecule has 4 heterocycles. The number of nitrogens with zero attached hydrogens (tertiary/aromatic N) is 4. The predicted molar refractivity (Wildman–Crippen MR) is 93.5 cm³/mol. The summed E-state index contributed by atoms with van der Waals surface area (Å²) in [7, 11) is 0. The van der Waals surface area contributed by atoms with Crippen molar-refractivity contribution in [2.24, 2.45) is 0 Å². The van der Waals surface area contributed by atoms with Crippen molar-refractivity contribution >= 4 is 16.4 Å². The van der Waals surface area contributed by atoms with Gasteiger partial charge in [-0.2, -0.15) is 5.10 Å². The lowest BCUT2D eigenvalue weighted by atomic mass is 10.0. The van der Waals surface area contributed by atoms with E-state index >= 15 is 0 Å². The summed E-state index contributed by atoms with van der Waals surface area (Å²) in [6.45, 7) is 0. The molecule has 114 valence electrons. The maximum Gasteiger partial charge on any atom is 0.0992 e. The van der Waals surface area contributed by atoms with E-state index < -0.39 is 0 Å². The maximum atomic E-state index is 4.30. The largest absolute Gasteiger partial charge is 0.305 e. The Labute approximate surface area is 137 Å². The van der Waals surface area contributed by atoms with E-state index in [9.17, 15) is 0 Å². The fourth-order valence-corrected chi connectivity index (χ4v) is 3.07. The quantitative estimate of drug-likeness (QED) is 0.537. The standard InChI is InChI=1S/C19H13N5/c1-2-15-9-22-23-18(15)8-14(1)16-7-17(13-3-5-20-6-4-13)19-10-21-12-24(19)11-16/h1-12H,(H,22,23). The van der Waals surface area contributed by atoms with E-state index in [1.807, 2.05) is 43.2 Å². The van der Waals surface area contributed by atoms with Crippen molar-refractivity contribution in [3.63, 3.8) is 0 Å². The van der Waals surface area contributed by atoms with Crippen molar-refractivity contribution < 1.29 is 0 Å². The van der Waals surface area contributed by atoms with Crippen LogP contribution in [0.25, 0.3) is 38.7 Å². The van der Waals surface area contributed by atoms with Crippen LogP contribution < -0.4 is 0 Å². The van der Waals surface area contributed by atoms with Gasteiger partial charge in [0.05, 0.1) is 29.8 Å². The number of hydrogen-bond acceptors (Lipinski definition) is 3. The van der Waals surface area contributed by atoms with Gasteiger partial charge in [0.25, 0.3) is 0 Å². The molecule has 0 saturated carbocycles. The van der Waals surface area contributed by atoms with Gasteiger partial charge in [-0.05, 0) is 41.0 Å². The molecule has 0 amide bonds. The van der Waals surface area contributed by atoms with Crippen LogP contribution in [0.1, 0.15) is 0 Å². The first-order valence-electron chi connectivity index (χ1n) is 7.68. The SMILES string of the molecule is c1cc(-c2cc(-c3ccc4cn[nH]c4c3)cn3cncc23)ccn1. The number of fused-ring (bicyclic) bond motifs is 2. The number of rotatable bonds is 2. The Kier molecular flexibility index (Phi) is 2.72. The summed E-state index contributed by atoms with van der Waals surface area (Å²) in [5.41, 5.74) is 6.63. The predicted octanol–water partition coefficient (Wildman–Crippen LogP) is 3.94. The van der Waals surface area contributed by atoms with Crippen LogP contribution in [0.15, 0.2) is 73.7 Å². The summed E-state index contributed by atoms with van der Waals surface area (Å²) in [6, 6.07) is 12.6. The number of imidazole rings is 1. The van der Waals surface area contributed by atoms with Gasteiger partial charge in [-0.15, -0.1) is 0 Å². The van der Waals surface area contributed by atoms with Gasteiger partial charge in [0.15, 0.2) is 0 Å². The number of aromatic amines is 1. The summed E-state index contributed by atoms with van der Waals surface area (Å²) in [5, 5.41) is 8.23. The molecular weight excluding hydrogens is 298 g/mol. The molecule has 0 radical (unpaired) electrons. The van der Waals surface area contributed by atoms with Crippen LogP contribution in [0.3, 0.4) is 0 Å². The molecule has 4 aromatic heterocycles. The molecule has 24 heavy (non-hydrogen) atoms. The number of nitrogens with one attached hydrogen (secondary N) is 1. The molecule has 1 N–H and O–H groups in total. The van der Waals surface area contributed by atoms with Gasteiger partial charge in [-0.1, -0.05) is 12.1 Å². The van der Waals surface area contributed by atoms with E-state index in [0.29, 0.717) is 0 Å². The zero-order chi connectivity index (χ0) is 15.9. The van der Waals surface area contributed by atoms with Gasteiger partial charge in [0, 0.05) is 29.5 Å². The normalized spacial score (nSPS) is 11.3. The van der Waals surface area contributed by atoms with E-state index in [2.05, 4.69) is 55.0 Å². The van der Waals surface area contributed by atoms with Crippen molar-refractivity contribution in [2.75, 3.05) is 0 Å². The second-order valence-corrected chi connectivity index (χ2v) is 5.74. The van der Waals surface area contributed by atoms with E-state index in [1.54, 1.807) is 0 Å². The van der Waals surface area contributed by atoms with Gasteiger partial charge in [-0.3, -0.25) is 10.1 Å². The minimum absolute atomic E-state index is 1.03. The summed E-state index contributed by atoms with van der Waals surface area (Å²) in [6.07, 6.45) is 11.3. The molecule has 0 atom stereocenters. The summed E-state index contributed by atoms with van der Waals surface area (Å²) < 4.78 is 2.06. The van der Waals surface area contributed by atoms with Gasteiger partial charge < -0.3 is 4.40 Å². The van der Waals surface area contributed by atoms with Crippen LogP contribution in [0.5, 0.6) is 0 Å². The molecule has 0 bridgehead atoms. The summed E-state index contributed by atoms with van der Waals surface area (Å²) in [5.74, 6) is 0. The minimum Gasteiger partial charge on any atom is -0.305 e. The average molecular weight is 311 g/mol. The number of H-pyrrole nitrogens is 1. The van der Waals surface area contributed by atoms with Crippen LogP contribution in [-0.4, -0.2) is 24.6 Å². The molecule has 5 heteroatoms. The Hall–Kier alpha value is -3.47. The van der Waals surface area contributed by atoms with E-state index in [4.69, 9.17) is 0 Å². The van der Waals surface area contributed by atoms with Crippen molar-refractivity contribution in [1.82, 2.24) is 24.6 Å². The second kappa shape index (κ2) is 5.03. The van der Waals surface area contributed by atoms with Crippen molar-refractivity contribution in [1.29, 1.82) is 0 Å². The molecular formula is C19H13N5. The molecule has 0 aliphatic rings. The Morgan fingerprint density at radius 3 is 2.67 bits per heavy atom. The number of pyridine rings is 2. The van der Waals surface area contributed by atoms with E-state index in [1.165, 1.54) is 0 Å². The summed E-state index contributed by atoms with van der Waals surface area (Å²) in [4.78, 5) is 8.41. The molecule has 0 saturated heterocycles. The van der Waals surface area contributed by atoms with E-state index in [-0.39, 0.29) is 0 Å². The highest BCUT2D eigenvalue weighted by Gasteiger charge is 2.09. The number of hydrogen-bond donors (Lipinski definition) is 1. The maximum absolute atomic E-state index is 4.30. The first-order chi connectivity index (χ1) is 11.9. The number of benzene rings is 1. The lowest BCUT2D eigenvalue weighted by Crippen LogP contribution is -1.90. The zero-order valence-electron chi connectivity index (χ0n) is 12.7. The molecule has 5 aromatic rings. The molecule has 0 fully saturated rings. The lowest BCUT2D eigenvalue weighted by Gasteiger charge is -2.09. The third-order valence-electron chi connectivity index (χ3n) is 4.29. The number of aromatic nitrogens is 5. The van der Waals surface area contributed by atoms with Gasteiger partial charge in [-0.25, -0.2) is 4.98 Å². The fourth-order valence-electron chi connectivity index (χ4n) is 3.07. The van der Waals surface area contributed by atoms with Crippen LogP contribution >= 0.6 is 0 Å². The van der Waals surface area contributed by atoms with Gasteiger partial charge in [0.2, 0.25) is 0 Å². The first-order valence-corrected chi connectivity index (χ1v) is 7.68. The van der Waals surface area contributed by atoms with Crippen molar-refractivity contribution in [2.45, 2.75) is 0 Å². The molecule has 5 nitrogen and oxygen atoms in total. The van der Waals surface area contributed by atoms with Gasteiger partial charge in [0.1, 0.15) is 0 Å². The second-order valence-electron chi connectivity index (χ2n) is 5.74. The molecule has 1 aromatic carbocycles. The monoisotopic (exact) mass is 311 g/mol. The molecule has 0 spiro atoms. The highest BCUT2D eigenvalue weighted by Crippen LogP contribution is 2.31. The molecule has 5 rings (SSSR count). The highest BCUT2D eigenvalue weighted by atomic mass is 15.1. The van der Waals surface area contributed by atoms with Gasteiger partial charge >= 0.3 is 0 Å². The Morgan fingerprint density at radius 1 is 0.833 bits per heavy atom. The summed E-state index contributed by atoms with van der Waals surface area (Å²) >= 11 is 0. The highest BCUT2D eigenvalue weighted by molar-refractivity contribution is 5.87. The minimum atomic E-state index is 1.03. The lowest BCUT2D eigenvalue weighted by molar-refractivity contribution is 1.12. The Morgan fingerprint density at radius 2 is 1.75 bits per heavy atom. The van der Waals surface area contributed by atoms with E-state index in [0.717, 1.165) is 38.7 Å². The topological polar surface area (TPSA) is 58.9 Å². The molecule has 0 aliphatic carbocycles. The van der Waals surface area contributed by atoms with Crippen LogP contribution in [0, 0.1) is 0 Å². The zero-order valence-corrected chi connectivity index (χ0v) is 12.7. The van der Waals surface area contributed by atoms with Crippen molar-refractivity contribution in [3.8, 4) is 22.3 Å². The smallest absolute Gasteiger partial charge is 0.0992 e. The van der Waals surface area contributed by atoms with Crippen LogP contribution in [0.2, 0.25) is 0 Å². The molecule has 0 aliphatic heterocycles. The van der Waals surface area contributed by atoms with Crippen molar-refractivity contribution in [3.05, 3.63) is 73.7 Å². The third kappa shape index (κ3) is 1.99. The first kappa shape index (κ1) is 13.0. The third-order valence-corrected chi connectivity index (χ3v) is 4.29. The molecule has 0 unspecified atom stereocenters. The average Bonchev–Trinajstić information content (AvgIpc) is 3.29. The Balaban J connectivity index is 1.77.